The Morgan fingerprint density at radius 2 is 1.81 bits per heavy atom. The van der Waals surface area contributed by atoms with Crippen LogP contribution in [0.3, 0.4) is 0 Å². The van der Waals surface area contributed by atoms with Gasteiger partial charge in [-0.05, 0) is 72.7 Å². The minimum Gasteiger partial charge on any atom is -0.435 e. The number of sulfonamides is 1. The number of rotatable bonds is 8. The Balaban J connectivity index is 1.60. The first kappa shape index (κ1) is 30.4. The molecule has 1 unspecified atom stereocenters. The predicted molar refractivity (Wildman–Crippen MR) is 148 cm³/mol. The largest absolute Gasteiger partial charge is 0.435 e. The smallest absolute Gasteiger partial charge is 0.416 e. The highest BCUT2D eigenvalue weighted by Gasteiger charge is 2.41. The van der Waals surface area contributed by atoms with Gasteiger partial charge in [-0.15, -0.1) is 11.8 Å². The van der Waals surface area contributed by atoms with Crippen LogP contribution in [0.2, 0.25) is 0 Å². The van der Waals surface area contributed by atoms with Crippen molar-refractivity contribution in [2.24, 2.45) is 0 Å². The van der Waals surface area contributed by atoms with Crippen molar-refractivity contribution in [1.29, 1.82) is 0 Å². The Morgan fingerprint density at radius 3 is 2.52 bits per heavy atom. The molecule has 0 aliphatic carbocycles. The molecular weight excluding hydrogens is 606 g/mol. The van der Waals surface area contributed by atoms with Crippen molar-refractivity contribution in [3.63, 3.8) is 0 Å². The summed E-state index contributed by atoms with van der Waals surface area (Å²) in [5.74, 6) is -0.797. The van der Waals surface area contributed by atoms with Crippen LogP contribution in [0.5, 0.6) is 5.75 Å². The van der Waals surface area contributed by atoms with E-state index in [1.54, 1.807) is 12.1 Å². The molecule has 0 aromatic heterocycles. The number of benzene rings is 3. The molecule has 2 atom stereocenters. The quantitative estimate of drug-likeness (QED) is 0.197. The van der Waals surface area contributed by atoms with Gasteiger partial charge >= 0.3 is 12.8 Å². The van der Waals surface area contributed by atoms with Gasteiger partial charge in [0.05, 0.1) is 46.5 Å². The fourth-order valence-corrected chi connectivity index (χ4v) is 7.23. The Bertz CT molecular complexity index is 1550. The van der Waals surface area contributed by atoms with Crippen molar-refractivity contribution in [1.82, 2.24) is 0 Å². The molecule has 14 heteroatoms. The molecule has 1 saturated heterocycles. The van der Waals surface area contributed by atoms with E-state index in [1.807, 2.05) is 11.2 Å². The number of nitrogens with zero attached hydrogens (tertiary/aromatic N) is 2. The number of anilines is 2. The van der Waals surface area contributed by atoms with Gasteiger partial charge in [-0.2, -0.15) is 22.0 Å². The number of ether oxygens (including phenoxy) is 2. The Morgan fingerprint density at radius 1 is 1.02 bits per heavy atom. The van der Waals surface area contributed by atoms with Gasteiger partial charge in [0.25, 0.3) is 10.0 Å². The minimum atomic E-state index is -4.75. The molecule has 6 nitrogen and oxygen atoms in total. The summed E-state index contributed by atoms with van der Waals surface area (Å²) in [7, 11) is -4.51. The molecule has 3 aromatic rings. The molecule has 0 N–H and O–H groups in total. The van der Waals surface area contributed by atoms with Gasteiger partial charge in [-0.25, -0.2) is 12.8 Å². The zero-order valence-electron chi connectivity index (χ0n) is 22.2. The minimum absolute atomic E-state index is 0.0724. The van der Waals surface area contributed by atoms with Crippen molar-refractivity contribution >= 4 is 33.2 Å². The molecule has 0 saturated carbocycles. The molecule has 1 fully saturated rings. The van der Waals surface area contributed by atoms with E-state index in [9.17, 15) is 34.8 Å². The number of hydrogen-bond donors (Lipinski definition) is 0. The molecule has 42 heavy (non-hydrogen) atoms. The van der Waals surface area contributed by atoms with E-state index in [-0.39, 0.29) is 29.9 Å². The van der Waals surface area contributed by atoms with E-state index in [2.05, 4.69) is 4.74 Å². The summed E-state index contributed by atoms with van der Waals surface area (Å²) >= 11 is 1.51. The van der Waals surface area contributed by atoms with Gasteiger partial charge in [-0.3, -0.25) is 4.31 Å². The lowest BCUT2D eigenvalue weighted by Gasteiger charge is -2.48. The SMILES string of the molecule is CSCOC1CCN2c3ccc(-c4cc(F)cc(OC(F)F)c4)cc3N(S(=O)(=O)c3cccc(C(F)(F)F)c3)C[C@@H]2C1. The summed E-state index contributed by atoms with van der Waals surface area (Å²) in [5, 5.41) is 0. The normalized spacial score (nSPS) is 19.0. The third-order valence-electron chi connectivity index (χ3n) is 7.20. The molecule has 0 amide bonds. The van der Waals surface area contributed by atoms with E-state index in [0.29, 0.717) is 42.6 Å². The summed E-state index contributed by atoms with van der Waals surface area (Å²) in [5.41, 5.74) is 0.0367. The van der Waals surface area contributed by atoms with Crippen molar-refractivity contribution in [2.75, 3.05) is 34.5 Å². The van der Waals surface area contributed by atoms with Crippen LogP contribution >= 0.6 is 11.8 Å². The zero-order valence-corrected chi connectivity index (χ0v) is 23.8. The molecule has 3 aromatic carbocycles. The highest BCUT2D eigenvalue weighted by Crippen LogP contribution is 2.44. The van der Waals surface area contributed by atoms with Crippen LogP contribution in [0.25, 0.3) is 11.1 Å². The molecule has 2 aliphatic rings. The Labute approximate surface area is 243 Å². The Kier molecular flexibility index (Phi) is 8.59. The Hall–Kier alpha value is -3.10. The van der Waals surface area contributed by atoms with Gasteiger partial charge < -0.3 is 14.4 Å². The molecule has 2 heterocycles. The number of fused-ring (bicyclic) bond motifs is 3. The summed E-state index contributed by atoms with van der Waals surface area (Å²) in [6.07, 6.45) is -1.81. The maximum absolute atomic E-state index is 14.3. The molecule has 0 radical (unpaired) electrons. The summed E-state index contributed by atoms with van der Waals surface area (Å²) < 4.78 is 120. The molecular formula is C28H26F6N2O4S2. The average Bonchev–Trinajstić information content (AvgIpc) is 2.94. The molecule has 226 valence electrons. The van der Waals surface area contributed by atoms with Gasteiger partial charge in [0.15, 0.2) is 0 Å². The van der Waals surface area contributed by atoms with E-state index < -0.39 is 44.8 Å². The maximum Gasteiger partial charge on any atom is 0.416 e. The van der Waals surface area contributed by atoms with Gasteiger partial charge in [0.2, 0.25) is 0 Å². The second-order valence-electron chi connectivity index (χ2n) is 9.89. The van der Waals surface area contributed by atoms with E-state index in [4.69, 9.17) is 4.74 Å². The monoisotopic (exact) mass is 632 g/mol. The number of hydrogen-bond acceptors (Lipinski definition) is 6. The van der Waals surface area contributed by atoms with E-state index in [1.165, 1.54) is 23.9 Å². The van der Waals surface area contributed by atoms with Crippen molar-refractivity contribution in [2.45, 2.75) is 42.7 Å². The van der Waals surface area contributed by atoms with Gasteiger partial charge in [-0.1, -0.05) is 12.1 Å². The van der Waals surface area contributed by atoms with E-state index in [0.717, 1.165) is 34.6 Å². The highest BCUT2D eigenvalue weighted by atomic mass is 32.2. The second kappa shape index (κ2) is 11.9. The number of thioether (sulfide) groups is 1. The van der Waals surface area contributed by atoms with E-state index >= 15 is 0 Å². The fraction of sp³-hybridized carbons (Fsp3) is 0.357. The van der Waals surface area contributed by atoms with Crippen molar-refractivity contribution in [3.8, 4) is 16.9 Å². The first-order chi connectivity index (χ1) is 19.9. The third-order valence-corrected chi connectivity index (χ3v) is 9.35. The van der Waals surface area contributed by atoms with Crippen LogP contribution in [0.4, 0.5) is 37.7 Å². The number of halogens is 6. The van der Waals surface area contributed by atoms with Gasteiger partial charge in [0.1, 0.15) is 11.6 Å². The summed E-state index contributed by atoms with van der Waals surface area (Å²) in [6, 6.07) is 11.0. The third kappa shape index (κ3) is 6.30. The second-order valence-corrected chi connectivity index (χ2v) is 12.6. The summed E-state index contributed by atoms with van der Waals surface area (Å²) in [6.45, 7) is -2.72. The van der Waals surface area contributed by atoms with Crippen molar-refractivity contribution in [3.05, 3.63) is 72.0 Å². The lowest BCUT2D eigenvalue weighted by molar-refractivity contribution is -0.137. The maximum atomic E-state index is 14.3. The summed E-state index contributed by atoms with van der Waals surface area (Å²) in [4.78, 5) is 1.50. The van der Waals surface area contributed by atoms with Crippen LogP contribution in [0.15, 0.2) is 65.6 Å². The average molecular weight is 633 g/mol. The van der Waals surface area contributed by atoms with Crippen LogP contribution in [-0.4, -0.2) is 52.5 Å². The molecule has 2 aliphatic heterocycles. The first-order valence-electron chi connectivity index (χ1n) is 12.8. The molecule has 5 rings (SSSR count). The molecule has 0 bridgehead atoms. The number of alkyl halides is 5. The lowest BCUT2D eigenvalue weighted by Crippen LogP contribution is -2.55. The lowest BCUT2D eigenvalue weighted by atomic mass is 9.94. The first-order valence-corrected chi connectivity index (χ1v) is 15.7. The predicted octanol–water partition coefficient (Wildman–Crippen LogP) is 7.00. The zero-order chi connectivity index (χ0) is 30.2. The van der Waals surface area contributed by atoms with Crippen LogP contribution in [-0.2, 0) is 20.9 Å². The standard InChI is InChI=1S/C28H26F6N2O4S2/c1-41-16-39-22-7-8-35-21(14-22)15-36(42(37,38)24-4-2-3-19(12-24)28(32,33)34)26-11-17(5-6-25(26)35)18-9-20(29)13-23(10-18)40-27(30)31/h2-6,9-13,21-22,27H,7-8,14-16H2,1H3/t21-,22?/m0/s1. The topological polar surface area (TPSA) is 59.1 Å². The van der Waals surface area contributed by atoms with Crippen LogP contribution in [0, 0.1) is 5.82 Å². The van der Waals surface area contributed by atoms with Crippen LogP contribution < -0.4 is 13.9 Å². The van der Waals surface area contributed by atoms with Crippen LogP contribution in [0.1, 0.15) is 18.4 Å². The van der Waals surface area contributed by atoms with Gasteiger partial charge in [0, 0.05) is 12.6 Å². The fourth-order valence-electron chi connectivity index (χ4n) is 5.34. The highest BCUT2D eigenvalue weighted by molar-refractivity contribution is 7.98. The number of piperidine rings is 1. The molecule has 0 spiro atoms. The van der Waals surface area contributed by atoms with Crippen molar-refractivity contribution < 1.29 is 44.2 Å².